The van der Waals surface area contributed by atoms with Gasteiger partial charge in [0.25, 0.3) is 5.91 Å². The van der Waals surface area contributed by atoms with Crippen LogP contribution in [0.3, 0.4) is 0 Å². The van der Waals surface area contributed by atoms with Gasteiger partial charge in [-0.3, -0.25) is 4.79 Å². The minimum Gasteiger partial charge on any atom is -0.335 e. The Morgan fingerprint density at radius 2 is 1.87 bits per heavy atom. The van der Waals surface area contributed by atoms with Gasteiger partial charge < -0.3 is 9.80 Å². The highest BCUT2D eigenvalue weighted by atomic mass is 16.2. The molecule has 0 spiro atoms. The number of hydrogen-bond acceptors (Lipinski definition) is 4. The summed E-state index contributed by atoms with van der Waals surface area (Å²) in [7, 11) is 2.09. The van der Waals surface area contributed by atoms with Crippen LogP contribution in [0.15, 0.2) is 24.3 Å². The van der Waals surface area contributed by atoms with Crippen LogP contribution >= 0.6 is 0 Å². The number of aryl methyl sites for hydroxylation is 2. The molecule has 0 saturated carbocycles. The van der Waals surface area contributed by atoms with Crippen molar-refractivity contribution in [2.24, 2.45) is 0 Å². The van der Waals surface area contributed by atoms with E-state index in [1.54, 1.807) is 4.68 Å². The molecule has 1 aromatic heterocycles. The zero-order valence-electron chi connectivity index (χ0n) is 14.0. The van der Waals surface area contributed by atoms with Gasteiger partial charge in [-0.25, -0.2) is 9.67 Å². The van der Waals surface area contributed by atoms with Crippen LogP contribution in [-0.2, 0) is 0 Å². The van der Waals surface area contributed by atoms with Crippen LogP contribution < -0.4 is 0 Å². The molecular formula is C17H23N5O. The summed E-state index contributed by atoms with van der Waals surface area (Å²) in [4.78, 5) is 21.2. The lowest BCUT2D eigenvalue weighted by Crippen LogP contribution is -2.35. The largest absolute Gasteiger partial charge is 0.335 e. The van der Waals surface area contributed by atoms with Crippen molar-refractivity contribution in [3.05, 3.63) is 41.5 Å². The average Bonchev–Trinajstić information content (AvgIpc) is 2.78. The van der Waals surface area contributed by atoms with Crippen molar-refractivity contribution in [2.75, 3.05) is 33.2 Å². The summed E-state index contributed by atoms with van der Waals surface area (Å²) in [6, 6.07) is 7.98. The zero-order chi connectivity index (χ0) is 16.4. The fourth-order valence-corrected chi connectivity index (χ4v) is 2.90. The number of carbonyl (C=O) groups excluding carboxylic acids is 1. The predicted molar refractivity (Wildman–Crippen MR) is 88.9 cm³/mol. The molecular weight excluding hydrogens is 290 g/mol. The number of rotatable bonds is 2. The van der Waals surface area contributed by atoms with E-state index in [0.29, 0.717) is 0 Å². The van der Waals surface area contributed by atoms with Crippen molar-refractivity contribution in [2.45, 2.75) is 20.3 Å². The number of nitrogens with zero attached hydrogens (tertiary/aromatic N) is 5. The lowest BCUT2D eigenvalue weighted by Gasteiger charge is -2.18. The molecule has 122 valence electrons. The van der Waals surface area contributed by atoms with E-state index in [1.807, 2.05) is 43.0 Å². The van der Waals surface area contributed by atoms with E-state index in [1.165, 1.54) is 0 Å². The molecule has 2 aromatic rings. The Kier molecular flexibility index (Phi) is 4.43. The van der Waals surface area contributed by atoms with Gasteiger partial charge in [0.05, 0.1) is 5.69 Å². The first-order valence-electron chi connectivity index (χ1n) is 8.04. The maximum atomic E-state index is 12.7. The smallest absolute Gasteiger partial charge is 0.293 e. The fourth-order valence-electron chi connectivity index (χ4n) is 2.90. The van der Waals surface area contributed by atoms with Crippen LogP contribution in [0, 0.1) is 13.8 Å². The fraction of sp³-hybridized carbons (Fsp3) is 0.471. The Bertz CT molecular complexity index is 709. The molecule has 0 unspecified atom stereocenters. The molecule has 0 aliphatic carbocycles. The summed E-state index contributed by atoms with van der Waals surface area (Å²) in [5.74, 6) is 0.945. The van der Waals surface area contributed by atoms with Gasteiger partial charge in [-0.2, -0.15) is 0 Å². The lowest BCUT2D eigenvalue weighted by atomic mass is 10.2. The second-order valence-electron chi connectivity index (χ2n) is 6.13. The highest BCUT2D eigenvalue weighted by molar-refractivity contribution is 5.90. The van der Waals surface area contributed by atoms with Gasteiger partial charge >= 0.3 is 0 Å². The number of carbonyl (C=O) groups is 1. The van der Waals surface area contributed by atoms with Crippen molar-refractivity contribution in [1.82, 2.24) is 24.6 Å². The van der Waals surface area contributed by atoms with E-state index in [9.17, 15) is 4.79 Å². The number of hydrogen-bond donors (Lipinski definition) is 0. The summed E-state index contributed by atoms with van der Waals surface area (Å²) in [5.41, 5.74) is 2.07. The number of para-hydroxylation sites is 1. The molecule has 6 nitrogen and oxygen atoms in total. The maximum Gasteiger partial charge on any atom is 0.293 e. The van der Waals surface area contributed by atoms with Crippen LogP contribution in [-0.4, -0.2) is 63.7 Å². The molecule has 6 heteroatoms. The first kappa shape index (κ1) is 15.7. The first-order valence-corrected chi connectivity index (χ1v) is 8.04. The topological polar surface area (TPSA) is 54.3 Å². The van der Waals surface area contributed by atoms with E-state index < -0.39 is 0 Å². The van der Waals surface area contributed by atoms with Crippen molar-refractivity contribution >= 4 is 5.91 Å². The second kappa shape index (κ2) is 6.50. The standard InChI is InChI=1S/C17H23N5O/c1-13-7-4-5-8-15(13)22-14(2)18-16(19-22)17(23)21-10-6-9-20(3)11-12-21/h4-5,7-8H,6,9-12H2,1-3H3. The summed E-state index contributed by atoms with van der Waals surface area (Å²) in [5, 5.41) is 4.47. The summed E-state index contributed by atoms with van der Waals surface area (Å²) in [6.07, 6.45) is 0.986. The van der Waals surface area contributed by atoms with Crippen LogP contribution in [0.25, 0.3) is 5.69 Å². The number of amides is 1. The van der Waals surface area contributed by atoms with E-state index in [2.05, 4.69) is 22.0 Å². The van der Waals surface area contributed by atoms with E-state index in [0.717, 1.165) is 49.7 Å². The highest BCUT2D eigenvalue weighted by Gasteiger charge is 2.23. The van der Waals surface area contributed by atoms with Gasteiger partial charge in [0, 0.05) is 19.6 Å². The molecule has 1 fully saturated rings. The Morgan fingerprint density at radius 3 is 2.65 bits per heavy atom. The molecule has 1 amide bonds. The molecule has 0 atom stereocenters. The molecule has 23 heavy (non-hydrogen) atoms. The van der Waals surface area contributed by atoms with Gasteiger partial charge in [0.2, 0.25) is 5.82 Å². The average molecular weight is 313 g/mol. The SMILES string of the molecule is Cc1ccccc1-n1nc(C(=O)N2CCCN(C)CC2)nc1C. The summed E-state index contributed by atoms with van der Waals surface area (Å²) >= 11 is 0. The molecule has 0 N–H and O–H groups in total. The molecule has 3 rings (SSSR count). The zero-order valence-corrected chi connectivity index (χ0v) is 14.0. The molecule has 2 heterocycles. The van der Waals surface area contributed by atoms with Crippen LogP contribution in [0.1, 0.15) is 28.4 Å². The molecule has 0 radical (unpaired) electrons. The normalized spacial score (nSPS) is 16.4. The van der Waals surface area contributed by atoms with Gasteiger partial charge in [-0.05, 0) is 45.5 Å². The predicted octanol–water partition coefficient (Wildman–Crippen LogP) is 1.66. The van der Waals surface area contributed by atoms with Gasteiger partial charge in [0.15, 0.2) is 0 Å². The molecule has 0 bridgehead atoms. The Hall–Kier alpha value is -2.21. The third-order valence-electron chi connectivity index (χ3n) is 4.31. The quantitative estimate of drug-likeness (QED) is 0.846. The Labute approximate surface area is 136 Å². The first-order chi connectivity index (χ1) is 11.1. The van der Waals surface area contributed by atoms with Crippen molar-refractivity contribution in [1.29, 1.82) is 0 Å². The van der Waals surface area contributed by atoms with Crippen LogP contribution in [0.4, 0.5) is 0 Å². The van der Waals surface area contributed by atoms with E-state index in [4.69, 9.17) is 0 Å². The molecule has 1 aliphatic heterocycles. The third kappa shape index (κ3) is 3.27. The van der Waals surface area contributed by atoms with Crippen LogP contribution in [0.2, 0.25) is 0 Å². The van der Waals surface area contributed by atoms with Crippen LogP contribution in [0.5, 0.6) is 0 Å². The Balaban J connectivity index is 1.86. The minimum atomic E-state index is -0.0734. The molecule has 1 saturated heterocycles. The van der Waals surface area contributed by atoms with E-state index in [-0.39, 0.29) is 11.7 Å². The third-order valence-corrected chi connectivity index (χ3v) is 4.31. The van der Waals surface area contributed by atoms with Crippen molar-refractivity contribution < 1.29 is 4.79 Å². The maximum absolute atomic E-state index is 12.7. The number of aromatic nitrogens is 3. The monoisotopic (exact) mass is 313 g/mol. The second-order valence-corrected chi connectivity index (χ2v) is 6.13. The number of benzene rings is 1. The van der Waals surface area contributed by atoms with Crippen molar-refractivity contribution in [3.8, 4) is 5.69 Å². The molecule has 1 aliphatic rings. The lowest BCUT2D eigenvalue weighted by molar-refractivity contribution is 0.0750. The van der Waals surface area contributed by atoms with Gasteiger partial charge in [-0.15, -0.1) is 5.10 Å². The van der Waals surface area contributed by atoms with Gasteiger partial charge in [-0.1, -0.05) is 18.2 Å². The highest BCUT2D eigenvalue weighted by Crippen LogP contribution is 2.15. The summed E-state index contributed by atoms with van der Waals surface area (Å²) < 4.78 is 1.76. The summed E-state index contributed by atoms with van der Waals surface area (Å²) in [6.45, 7) is 7.32. The van der Waals surface area contributed by atoms with E-state index >= 15 is 0 Å². The number of likely N-dealkylation sites (N-methyl/N-ethyl adjacent to an activating group) is 1. The Morgan fingerprint density at radius 1 is 1.09 bits per heavy atom. The van der Waals surface area contributed by atoms with Crippen molar-refractivity contribution in [3.63, 3.8) is 0 Å². The van der Waals surface area contributed by atoms with Gasteiger partial charge in [0.1, 0.15) is 5.82 Å². The minimum absolute atomic E-state index is 0.0734. The molecule has 1 aromatic carbocycles.